The van der Waals surface area contributed by atoms with Crippen LogP contribution in [0.25, 0.3) is 0 Å². The first-order chi connectivity index (χ1) is 29.2. The SMILES string of the molecule is C/C=C/CC/C=C/CC/C=C/C(O)C(COC1OC(CO)C(O)C(O)C1O)NC(=O)CCCCCCC/C=C\CCCCCOC(=O)CCCCCCCCCCCCC. The highest BCUT2D eigenvalue weighted by atomic mass is 16.7. The molecule has 1 saturated heterocycles. The Labute approximate surface area is 364 Å². The fourth-order valence-corrected chi connectivity index (χ4v) is 7.11. The van der Waals surface area contributed by atoms with Crippen molar-refractivity contribution in [3.8, 4) is 0 Å². The lowest BCUT2D eigenvalue weighted by molar-refractivity contribution is -0.302. The van der Waals surface area contributed by atoms with E-state index < -0.39 is 49.5 Å². The largest absolute Gasteiger partial charge is 0.466 e. The van der Waals surface area contributed by atoms with Gasteiger partial charge in [0.15, 0.2) is 6.29 Å². The number of nitrogens with one attached hydrogen (secondary N) is 1. The van der Waals surface area contributed by atoms with Gasteiger partial charge in [-0.15, -0.1) is 0 Å². The van der Waals surface area contributed by atoms with Gasteiger partial charge in [0, 0.05) is 12.8 Å². The molecule has 0 aromatic rings. The number of aliphatic hydroxyl groups is 5. The smallest absolute Gasteiger partial charge is 0.305 e. The van der Waals surface area contributed by atoms with Gasteiger partial charge in [-0.05, 0) is 84.0 Å². The second kappa shape index (κ2) is 39.5. The van der Waals surface area contributed by atoms with E-state index in [0.29, 0.717) is 32.3 Å². The molecule has 11 nitrogen and oxygen atoms in total. The van der Waals surface area contributed by atoms with Gasteiger partial charge in [-0.2, -0.15) is 0 Å². The molecule has 60 heavy (non-hydrogen) atoms. The predicted molar refractivity (Wildman–Crippen MR) is 241 cm³/mol. The Balaban J connectivity index is 2.21. The van der Waals surface area contributed by atoms with Crippen LogP contribution in [0, 0.1) is 0 Å². The average molecular weight is 850 g/mol. The molecule has 0 saturated carbocycles. The van der Waals surface area contributed by atoms with Gasteiger partial charge in [0.1, 0.15) is 24.4 Å². The van der Waals surface area contributed by atoms with Crippen LogP contribution in [0.15, 0.2) is 48.6 Å². The highest BCUT2D eigenvalue weighted by molar-refractivity contribution is 5.76. The summed E-state index contributed by atoms with van der Waals surface area (Å²) in [7, 11) is 0. The quantitative estimate of drug-likeness (QED) is 0.0199. The zero-order valence-corrected chi connectivity index (χ0v) is 37.7. The lowest BCUT2D eigenvalue weighted by Crippen LogP contribution is -2.60. The van der Waals surface area contributed by atoms with Crippen molar-refractivity contribution in [2.75, 3.05) is 19.8 Å². The highest BCUT2D eigenvalue weighted by Crippen LogP contribution is 2.22. The third-order valence-corrected chi connectivity index (χ3v) is 11.0. The molecular weight excluding hydrogens is 763 g/mol. The van der Waals surface area contributed by atoms with Crippen molar-refractivity contribution >= 4 is 11.9 Å². The summed E-state index contributed by atoms with van der Waals surface area (Å²) in [4.78, 5) is 24.9. The van der Waals surface area contributed by atoms with E-state index >= 15 is 0 Å². The van der Waals surface area contributed by atoms with Gasteiger partial charge in [-0.3, -0.25) is 9.59 Å². The second-order valence-electron chi connectivity index (χ2n) is 16.5. The number of carbonyl (C=O) groups is 2. The van der Waals surface area contributed by atoms with Crippen molar-refractivity contribution in [2.45, 2.75) is 230 Å². The molecule has 0 bridgehead atoms. The number of carbonyl (C=O) groups excluding carboxylic acids is 2. The van der Waals surface area contributed by atoms with E-state index in [1.165, 1.54) is 57.8 Å². The maximum atomic E-state index is 12.9. The number of hydrogen-bond acceptors (Lipinski definition) is 10. The van der Waals surface area contributed by atoms with Crippen LogP contribution < -0.4 is 5.32 Å². The zero-order valence-electron chi connectivity index (χ0n) is 37.7. The molecule has 1 aliphatic rings. The summed E-state index contributed by atoms with van der Waals surface area (Å²) < 4.78 is 16.5. The molecule has 0 aromatic heterocycles. The minimum Gasteiger partial charge on any atom is -0.466 e. The molecule has 7 unspecified atom stereocenters. The van der Waals surface area contributed by atoms with E-state index in [4.69, 9.17) is 14.2 Å². The van der Waals surface area contributed by atoms with Gasteiger partial charge in [0.25, 0.3) is 0 Å². The number of rotatable bonds is 39. The minimum atomic E-state index is -1.59. The van der Waals surface area contributed by atoms with Gasteiger partial charge in [0.05, 0.1) is 32.0 Å². The van der Waals surface area contributed by atoms with Crippen molar-refractivity contribution in [2.24, 2.45) is 0 Å². The highest BCUT2D eigenvalue weighted by Gasteiger charge is 2.44. The molecular formula is C49H87NO10. The van der Waals surface area contributed by atoms with Gasteiger partial charge in [-0.25, -0.2) is 0 Å². The molecule has 348 valence electrons. The van der Waals surface area contributed by atoms with Gasteiger partial charge < -0.3 is 45.1 Å². The monoisotopic (exact) mass is 850 g/mol. The minimum absolute atomic E-state index is 0.0507. The Bertz CT molecular complexity index is 1140. The Hall–Kier alpha value is -2.38. The Kier molecular flexibility index (Phi) is 36.6. The van der Waals surface area contributed by atoms with E-state index in [-0.39, 0.29) is 18.5 Å². The molecule has 7 atom stereocenters. The number of ether oxygens (including phenoxy) is 3. The number of amides is 1. The fourth-order valence-electron chi connectivity index (χ4n) is 7.11. The van der Waals surface area contributed by atoms with Crippen LogP contribution in [-0.2, 0) is 23.8 Å². The van der Waals surface area contributed by atoms with Gasteiger partial charge in [-0.1, -0.05) is 139 Å². The summed E-state index contributed by atoms with van der Waals surface area (Å²) >= 11 is 0. The van der Waals surface area contributed by atoms with Crippen LogP contribution in [0.4, 0.5) is 0 Å². The number of esters is 1. The Morgan fingerprint density at radius 3 is 1.75 bits per heavy atom. The summed E-state index contributed by atoms with van der Waals surface area (Å²) in [6.07, 6.45) is 36.4. The fraction of sp³-hybridized carbons (Fsp3) is 0.796. The van der Waals surface area contributed by atoms with E-state index in [1.807, 2.05) is 19.1 Å². The van der Waals surface area contributed by atoms with E-state index in [2.05, 4.69) is 42.6 Å². The molecule has 0 spiro atoms. The van der Waals surface area contributed by atoms with Gasteiger partial charge >= 0.3 is 5.97 Å². The number of allylic oxidation sites excluding steroid dienone is 7. The Morgan fingerprint density at radius 1 is 0.633 bits per heavy atom. The first kappa shape index (κ1) is 55.6. The molecule has 11 heteroatoms. The molecule has 1 aliphatic heterocycles. The van der Waals surface area contributed by atoms with Crippen LogP contribution in [0.5, 0.6) is 0 Å². The standard InChI is InChI=1S/C49H87NO10/c1-3-5-7-9-11-13-16-21-25-29-33-37-45(54)58-38-34-30-26-22-18-15-14-17-20-24-28-32-36-44(53)50-41(42(52)35-31-27-23-19-12-10-8-6-4-2)40-59-49-48(57)47(56)46(55)43(39-51)60-49/h4,6,12,15,18-19,31,35,41-43,46-49,51-52,55-57H,3,5,7-11,13-14,16-17,20-30,32-34,36-40H2,1-2H3,(H,50,53)/b6-4+,18-15-,19-12+,35-31+. The molecule has 0 aliphatic carbocycles. The van der Waals surface area contributed by atoms with E-state index in [9.17, 15) is 35.1 Å². The topological polar surface area (TPSA) is 175 Å². The number of unbranched alkanes of at least 4 members (excludes halogenated alkanes) is 20. The number of aliphatic hydroxyl groups excluding tert-OH is 5. The summed E-state index contributed by atoms with van der Waals surface area (Å²) in [5.74, 6) is -0.278. The molecule has 1 rings (SSSR count). The van der Waals surface area contributed by atoms with E-state index in [1.54, 1.807) is 6.08 Å². The lowest BCUT2D eigenvalue weighted by Gasteiger charge is -2.40. The van der Waals surface area contributed by atoms with Crippen LogP contribution >= 0.6 is 0 Å². The van der Waals surface area contributed by atoms with Crippen LogP contribution in [0.1, 0.15) is 187 Å². The van der Waals surface area contributed by atoms with Crippen LogP contribution in [-0.4, -0.2) is 100 Å². The van der Waals surface area contributed by atoms with Crippen molar-refractivity contribution < 1.29 is 49.3 Å². The lowest BCUT2D eigenvalue weighted by atomic mass is 9.99. The van der Waals surface area contributed by atoms with Crippen LogP contribution in [0.2, 0.25) is 0 Å². The van der Waals surface area contributed by atoms with Crippen molar-refractivity contribution in [1.82, 2.24) is 5.32 Å². The first-order valence-corrected chi connectivity index (χ1v) is 23.9. The average Bonchev–Trinajstić information content (AvgIpc) is 3.24. The van der Waals surface area contributed by atoms with Crippen molar-refractivity contribution in [1.29, 1.82) is 0 Å². The Morgan fingerprint density at radius 2 is 1.15 bits per heavy atom. The third kappa shape index (κ3) is 29.8. The molecule has 0 radical (unpaired) electrons. The summed E-state index contributed by atoms with van der Waals surface area (Å²) in [6, 6.07) is -0.851. The molecule has 1 fully saturated rings. The maximum Gasteiger partial charge on any atom is 0.305 e. The summed E-state index contributed by atoms with van der Waals surface area (Å²) in [5, 5.41) is 53.9. The first-order valence-electron chi connectivity index (χ1n) is 23.9. The van der Waals surface area contributed by atoms with Crippen LogP contribution in [0.3, 0.4) is 0 Å². The summed E-state index contributed by atoms with van der Waals surface area (Å²) in [5.41, 5.74) is 0. The summed E-state index contributed by atoms with van der Waals surface area (Å²) in [6.45, 7) is 3.97. The molecule has 1 amide bonds. The molecule has 6 N–H and O–H groups in total. The van der Waals surface area contributed by atoms with Crippen molar-refractivity contribution in [3.63, 3.8) is 0 Å². The second-order valence-corrected chi connectivity index (χ2v) is 16.5. The normalized spacial score (nSPS) is 20.8. The predicted octanol–water partition coefficient (Wildman–Crippen LogP) is 8.99. The number of hydrogen-bond donors (Lipinski definition) is 6. The van der Waals surface area contributed by atoms with Crippen molar-refractivity contribution in [3.05, 3.63) is 48.6 Å². The third-order valence-electron chi connectivity index (χ3n) is 11.0. The zero-order chi connectivity index (χ0) is 43.9. The molecule has 1 heterocycles. The molecule has 0 aromatic carbocycles. The van der Waals surface area contributed by atoms with E-state index in [0.717, 1.165) is 89.9 Å². The maximum absolute atomic E-state index is 12.9. The van der Waals surface area contributed by atoms with Gasteiger partial charge in [0.2, 0.25) is 5.91 Å².